The number of pyridine rings is 1. The summed E-state index contributed by atoms with van der Waals surface area (Å²) in [4.78, 5) is 4.13. The van der Waals surface area contributed by atoms with Crippen molar-refractivity contribution in [3.05, 3.63) is 30.6 Å². The molecule has 3 heteroatoms. The molecule has 76 valence electrons. The van der Waals surface area contributed by atoms with Crippen molar-refractivity contribution in [1.82, 2.24) is 4.98 Å². The Kier molecular flexibility index (Phi) is 2.79. The highest BCUT2D eigenvalue weighted by atomic mass is 14.9. The first-order valence-electron chi connectivity index (χ1n) is 4.58. The molecule has 0 aromatic carbocycles. The second-order valence-corrected chi connectivity index (χ2v) is 4.26. The van der Waals surface area contributed by atoms with Crippen molar-refractivity contribution in [2.45, 2.75) is 26.2 Å². The Morgan fingerprint density at radius 2 is 2.14 bits per heavy atom. The lowest BCUT2D eigenvalue weighted by Gasteiger charge is -2.19. The highest BCUT2D eigenvalue weighted by Gasteiger charge is 2.15. The van der Waals surface area contributed by atoms with Crippen molar-refractivity contribution in [3.8, 4) is 0 Å². The Bertz CT molecular complexity index is 337. The summed E-state index contributed by atoms with van der Waals surface area (Å²) in [5.74, 6) is 0.498. The molecule has 0 aliphatic rings. The van der Waals surface area contributed by atoms with Gasteiger partial charge >= 0.3 is 0 Å². The van der Waals surface area contributed by atoms with Crippen LogP contribution >= 0.6 is 0 Å². The molecule has 1 heterocycles. The van der Waals surface area contributed by atoms with Gasteiger partial charge in [-0.1, -0.05) is 27.4 Å². The van der Waals surface area contributed by atoms with E-state index in [1.54, 1.807) is 6.20 Å². The van der Waals surface area contributed by atoms with Crippen molar-refractivity contribution in [3.63, 3.8) is 0 Å². The molecule has 3 N–H and O–H groups in total. The molecule has 0 bridgehead atoms. The van der Waals surface area contributed by atoms with Gasteiger partial charge in [0.15, 0.2) is 0 Å². The lowest BCUT2D eigenvalue weighted by molar-refractivity contribution is 0.588. The van der Waals surface area contributed by atoms with Gasteiger partial charge in [0.2, 0.25) is 0 Å². The summed E-state index contributed by atoms with van der Waals surface area (Å²) in [6.07, 6.45) is 3.41. The second kappa shape index (κ2) is 3.70. The van der Waals surface area contributed by atoms with Crippen LogP contribution in [0.15, 0.2) is 25.0 Å². The quantitative estimate of drug-likeness (QED) is 0.755. The second-order valence-electron chi connectivity index (χ2n) is 4.26. The molecular formula is C11H17N3. The van der Waals surface area contributed by atoms with Gasteiger partial charge in [0.25, 0.3) is 0 Å². The van der Waals surface area contributed by atoms with E-state index < -0.39 is 0 Å². The molecule has 1 aromatic heterocycles. The maximum absolute atomic E-state index is 5.70. The fourth-order valence-electron chi connectivity index (χ4n) is 1.11. The molecule has 14 heavy (non-hydrogen) atoms. The summed E-state index contributed by atoms with van der Waals surface area (Å²) in [6.45, 7) is 10.0. The van der Waals surface area contributed by atoms with E-state index in [9.17, 15) is 0 Å². The monoisotopic (exact) mass is 191 g/mol. The minimum absolute atomic E-state index is 0.0816. The van der Waals surface area contributed by atoms with Gasteiger partial charge in [0, 0.05) is 6.20 Å². The minimum Gasteiger partial charge on any atom is -0.382 e. The third-order valence-electron chi connectivity index (χ3n) is 2.04. The molecule has 0 aliphatic carbocycles. The van der Waals surface area contributed by atoms with Crippen LogP contribution in [0.25, 0.3) is 0 Å². The lowest BCUT2D eigenvalue weighted by atomic mass is 9.88. The van der Waals surface area contributed by atoms with Crippen molar-refractivity contribution in [1.29, 1.82) is 0 Å². The predicted octanol–water partition coefficient (Wildman–Crippen LogP) is 2.52. The Morgan fingerprint density at radius 1 is 1.50 bits per heavy atom. The fraction of sp³-hybridized carbons (Fsp3) is 0.364. The molecule has 3 nitrogen and oxygen atoms in total. The van der Waals surface area contributed by atoms with Crippen molar-refractivity contribution in [2.24, 2.45) is 0 Å². The zero-order chi connectivity index (χ0) is 10.8. The third kappa shape index (κ3) is 2.25. The molecule has 0 atom stereocenters. The summed E-state index contributed by atoms with van der Waals surface area (Å²) in [7, 11) is 0. The number of nitrogen functional groups attached to an aromatic ring is 1. The molecule has 0 fully saturated rings. The van der Waals surface area contributed by atoms with E-state index in [0.717, 1.165) is 11.3 Å². The Morgan fingerprint density at radius 3 is 2.64 bits per heavy atom. The number of hydrogen-bond acceptors (Lipinski definition) is 3. The van der Waals surface area contributed by atoms with Crippen LogP contribution in [0.5, 0.6) is 0 Å². The minimum atomic E-state index is 0.0816. The van der Waals surface area contributed by atoms with Crippen LogP contribution in [-0.2, 0) is 5.41 Å². The van der Waals surface area contributed by atoms with Crippen LogP contribution in [0.2, 0.25) is 0 Å². The lowest BCUT2D eigenvalue weighted by Crippen LogP contribution is -2.12. The molecule has 0 amide bonds. The first-order valence-corrected chi connectivity index (χ1v) is 4.58. The SMILES string of the molecule is C=CNc1cc(C(C)(C)C)cnc1N. The van der Waals surface area contributed by atoms with E-state index in [-0.39, 0.29) is 5.41 Å². The smallest absolute Gasteiger partial charge is 0.147 e. The summed E-state index contributed by atoms with van der Waals surface area (Å²) in [5.41, 5.74) is 7.74. The van der Waals surface area contributed by atoms with E-state index in [2.05, 4.69) is 37.7 Å². The van der Waals surface area contributed by atoms with E-state index >= 15 is 0 Å². The summed E-state index contributed by atoms with van der Waals surface area (Å²) in [6, 6.07) is 2.00. The molecule has 0 spiro atoms. The molecule has 1 aromatic rings. The highest BCUT2D eigenvalue weighted by Crippen LogP contribution is 2.26. The molecular weight excluding hydrogens is 174 g/mol. The topological polar surface area (TPSA) is 50.9 Å². The largest absolute Gasteiger partial charge is 0.382 e. The van der Waals surface area contributed by atoms with Gasteiger partial charge in [-0.05, 0) is 23.2 Å². The van der Waals surface area contributed by atoms with Crippen LogP contribution in [-0.4, -0.2) is 4.98 Å². The van der Waals surface area contributed by atoms with E-state index in [4.69, 9.17) is 5.73 Å². The molecule has 1 rings (SSSR count). The van der Waals surface area contributed by atoms with Crippen LogP contribution in [0.1, 0.15) is 26.3 Å². The maximum atomic E-state index is 5.70. The number of nitrogens with one attached hydrogen (secondary N) is 1. The van der Waals surface area contributed by atoms with Gasteiger partial charge in [-0.2, -0.15) is 0 Å². The normalized spacial score (nSPS) is 11.1. The van der Waals surface area contributed by atoms with Gasteiger partial charge in [0.05, 0.1) is 5.69 Å². The zero-order valence-electron chi connectivity index (χ0n) is 8.96. The van der Waals surface area contributed by atoms with Gasteiger partial charge in [-0.15, -0.1) is 0 Å². The third-order valence-corrected chi connectivity index (χ3v) is 2.04. The number of nitrogens with zero attached hydrogens (tertiary/aromatic N) is 1. The van der Waals surface area contributed by atoms with E-state index in [0.29, 0.717) is 5.82 Å². The zero-order valence-corrected chi connectivity index (χ0v) is 8.96. The van der Waals surface area contributed by atoms with Crippen LogP contribution < -0.4 is 11.1 Å². The van der Waals surface area contributed by atoms with Crippen LogP contribution in [0.4, 0.5) is 11.5 Å². The van der Waals surface area contributed by atoms with Crippen molar-refractivity contribution < 1.29 is 0 Å². The van der Waals surface area contributed by atoms with Crippen LogP contribution in [0, 0.1) is 0 Å². The number of rotatable bonds is 2. The Hall–Kier alpha value is -1.51. The van der Waals surface area contributed by atoms with Crippen LogP contribution in [0.3, 0.4) is 0 Å². The molecule has 0 radical (unpaired) electrons. The molecule has 0 saturated carbocycles. The average molecular weight is 191 g/mol. The van der Waals surface area contributed by atoms with Crippen molar-refractivity contribution >= 4 is 11.5 Å². The maximum Gasteiger partial charge on any atom is 0.147 e. The van der Waals surface area contributed by atoms with Gasteiger partial charge in [-0.3, -0.25) is 0 Å². The first kappa shape index (κ1) is 10.6. The first-order chi connectivity index (χ1) is 6.45. The number of nitrogens with two attached hydrogens (primary N) is 1. The number of anilines is 2. The number of aromatic nitrogens is 1. The van der Waals surface area contributed by atoms with Crippen molar-refractivity contribution in [2.75, 3.05) is 11.1 Å². The van der Waals surface area contributed by atoms with Gasteiger partial charge < -0.3 is 11.1 Å². The Labute approximate surface area is 85.0 Å². The average Bonchev–Trinajstić information content (AvgIpc) is 2.07. The van der Waals surface area contributed by atoms with Gasteiger partial charge in [0.1, 0.15) is 5.82 Å². The van der Waals surface area contributed by atoms with E-state index in [1.807, 2.05) is 12.3 Å². The summed E-state index contributed by atoms with van der Waals surface area (Å²) < 4.78 is 0. The number of hydrogen-bond donors (Lipinski definition) is 2. The Balaban J connectivity index is 3.12. The summed E-state index contributed by atoms with van der Waals surface area (Å²) >= 11 is 0. The summed E-state index contributed by atoms with van der Waals surface area (Å²) in [5, 5.41) is 2.96. The molecule has 0 unspecified atom stereocenters. The van der Waals surface area contributed by atoms with Gasteiger partial charge in [-0.25, -0.2) is 4.98 Å². The highest BCUT2D eigenvalue weighted by molar-refractivity contribution is 5.63. The molecule has 0 aliphatic heterocycles. The molecule has 0 saturated heterocycles. The fourth-order valence-corrected chi connectivity index (χ4v) is 1.11. The predicted molar refractivity (Wildman–Crippen MR) is 61.2 cm³/mol. The van der Waals surface area contributed by atoms with E-state index in [1.165, 1.54) is 0 Å². The standard InChI is InChI=1S/C11H17N3/c1-5-13-9-6-8(11(2,3)4)7-14-10(9)12/h5-7,13H,1H2,2-4H3,(H2,12,14).